The van der Waals surface area contributed by atoms with Crippen LogP contribution in [0.1, 0.15) is 28.4 Å². The van der Waals surface area contributed by atoms with Crippen LogP contribution in [0.4, 0.5) is 5.69 Å². The summed E-state index contributed by atoms with van der Waals surface area (Å²) in [5, 5.41) is 0. The molecule has 0 fully saturated rings. The van der Waals surface area contributed by atoms with E-state index in [0.717, 1.165) is 11.1 Å². The fourth-order valence-electron chi connectivity index (χ4n) is 3.09. The van der Waals surface area contributed by atoms with Gasteiger partial charge in [0.2, 0.25) is 0 Å². The van der Waals surface area contributed by atoms with Gasteiger partial charge in [0.1, 0.15) is 11.5 Å². The zero-order chi connectivity index (χ0) is 19.5. The van der Waals surface area contributed by atoms with Crippen LogP contribution in [0, 0.1) is 0 Å². The Morgan fingerprint density at radius 3 is 2.07 bits per heavy atom. The number of rotatable bonds is 4. The maximum atomic E-state index is 13.2. The molecule has 1 heterocycles. The molecule has 0 saturated carbocycles. The molecule has 0 bridgehead atoms. The highest BCUT2D eigenvalue weighted by atomic mass is 16.2. The van der Waals surface area contributed by atoms with Crippen molar-refractivity contribution in [1.29, 1.82) is 0 Å². The Morgan fingerprint density at radius 2 is 1.46 bits per heavy atom. The molecule has 28 heavy (non-hydrogen) atoms. The van der Waals surface area contributed by atoms with Gasteiger partial charge in [-0.15, -0.1) is 0 Å². The fraction of sp³-hybridized carbons (Fsp3) is 0.0417. The van der Waals surface area contributed by atoms with Crippen molar-refractivity contribution in [3.05, 3.63) is 107 Å². The highest BCUT2D eigenvalue weighted by Crippen LogP contribution is 2.28. The molecule has 0 radical (unpaired) electrons. The van der Waals surface area contributed by atoms with Crippen molar-refractivity contribution in [3.8, 4) is 0 Å². The zero-order valence-corrected chi connectivity index (χ0v) is 15.4. The summed E-state index contributed by atoms with van der Waals surface area (Å²) < 4.78 is 0. The number of aliphatic imine (C=N–C) groups is 1. The summed E-state index contributed by atoms with van der Waals surface area (Å²) >= 11 is 0. The summed E-state index contributed by atoms with van der Waals surface area (Å²) in [4.78, 5) is 31.0. The number of carbonyl (C=O) groups is 2. The number of benzene rings is 3. The average molecular weight is 366 g/mol. The van der Waals surface area contributed by atoms with Gasteiger partial charge in [-0.3, -0.25) is 14.5 Å². The van der Waals surface area contributed by atoms with E-state index < -0.39 is 0 Å². The van der Waals surface area contributed by atoms with E-state index >= 15 is 0 Å². The molecule has 136 valence electrons. The summed E-state index contributed by atoms with van der Waals surface area (Å²) in [5.41, 5.74) is 3.42. The van der Waals surface area contributed by atoms with Gasteiger partial charge in [-0.25, -0.2) is 4.99 Å². The SMILES string of the molecule is CC(=O)c1ccc(N2C(=O)/C(=C/c3ccccc3)N=C2c2ccccc2)cc1. The standard InChI is InChI=1S/C24H18N2O2/c1-17(27)19-12-14-21(15-13-19)26-23(20-10-6-3-7-11-20)25-22(24(26)28)16-18-8-4-2-5-9-18/h2-16H,1H3/b22-16-. The maximum Gasteiger partial charge on any atom is 0.282 e. The Bertz CT molecular complexity index is 1080. The molecule has 0 aliphatic carbocycles. The molecule has 1 aliphatic rings. The number of Topliss-reactive ketones (excluding diaryl/α,β-unsaturated/α-hetero) is 1. The fourth-order valence-corrected chi connectivity index (χ4v) is 3.09. The second kappa shape index (κ2) is 7.45. The molecule has 3 aromatic rings. The molecular weight excluding hydrogens is 348 g/mol. The van der Waals surface area contributed by atoms with E-state index in [1.165, 1.54) is 6.92 Å². The molecule has 4 nitrogen and oxygen atoms in total. The van der Waals surface area contributed by atoms with Crippen LogP contribution in [0.25, 0.3) is 6.08 Å². The minimum Gasteiger partial charge on any atom is -0.295 e. The molecule has 4 rings (SSSR count). The van der Waals surface area contributed by atoms with E-state index in [9.17, 15) is 9.59 Å². The largest absolute Gasteiger partial charge is 0.295 e. The van der Waals surface area contributed by atoms with Crippen LogP contribution in [-0.4, -0.2) is 17.5 Å². The lowest BCUT2D eigenvalue weighted by atomic mass is 10.1. The van der Waals surface area contributed by atoms with Crippen LogP contribution in [0.3, 0.4) is 0 Å². The van der Waals surface area contributed by atoms with Crippen LogP contribution in [-0.2, 0) is 4.79 Å². The maximum absolute atomic E-state index is 13.2. The number of hydrogen-bond donors (Lipinski definition) is 0. The summed E-state index contributed by atoms with van der Waals surface area (Å²) in [6, 6.07) is 26.3. The van der Waals surface area contributed by atoms with Crippen LogP contribution >= 0.6 is 0 Å². The van der Waals surface area contributed by atoms with Crippen LogP contribution in [0.15, 0.2) is 95.6 Å². The Labute approximate surface area is 163 Å². The third-order valence-corrected chi connectivity index (χ3v) is 4.53. The Morgan fingerprint density at radius 1 is 0.857 bits per heavy atom. The number of anilines is 1. The highest BCUT2D eigenvalue weighted by Gasteiger charge is 2.32. The number of ketones is 1. The summed E-state index contributed by atoms with van der Waals surface area (Å²) in [7, 11) is 0. The first kappa shape index (κ1) is 17.6. The third-order valence-electron chi connectivity index (χ3n) is 4.53. The number of hydrogen-bond acceptors (Lipinski definition) is 3. The second-order valence-corrected chi connectivity index (χ2v) is 6.49. The van der Waals surface area contributed by atoms with Crippen molar-refractivity contribution in [1.82, 2.24) is 0 Å². The van der Waals surface area contributed by atoms with Crippen molar-refractivity contribution < 1.29 is 9.59 Å². The molecule has 3 aromatic carbocycles. The molecule has 0 N–H and O–H groups in total. The minimum absolute atomic E-state index is 0.0130. The summed E-state index contributed by atoms with van der Waals surface area (Å²) in [6.45, 7) is 1.52. The van der Waals surface area contributed by atoms with Crippen LogP contribution in [0.5, 0.6) is 0 Å². The molecule has 1 aliphatic heterocycles. The van der Waals surface area contributed by atoms with E-state index in [0.29, 0.717) is 22.8 Å². The van der Waals surface area contributed by atoms with Crippen molar-refractivity contribution in [3.63, 3.8) is 0 Å². The highest BCUT2D eigenvalue weighted by molar-refractivity contribution is 6.33. The minimum atomic E-state index is -0.196. The van der Waals surface area contributed by atoms with Crippen molar-refractivity contribution in [2.24, 2.45) is 4.99 Å². The lowest BCUT2D eigenvalue weighted by Gasteiger charge is -2.18. The molecule has 0 aromatic heterocycles. The van der Waals surface area contributed by atoms with Crippen LogP contribution < -0.4 is 4.90 Å². The second-order valence-electron chi connectivity index (χ2n) is 6.49. The number of carbonyl (C=O) groups excluding carboxylic acids is 2. The lowest BCUT2D eigenvalue weighted by molar-refractivity contribution is -0.113. The quantitative estimate of drug-likeness (QED) is 0.495. The summed E-state index contributed by atoms with van der Waals surface area (Å²) in [6.07, 6.45) is 1.79. The molecule has 0 unspecified atom stereocenters. The molecule has 1 amide bonds. The molecule has 0 saturated heterocycles. The average Bonchev–Trinajstić information content (AvgIpc) is 3.05. The van der Waals surface area contributed by atoms with Gasteiger partial charge < -0.3 is 0 Å². The van der Waals surface area contributed by atoms with Gasteiger partial charge in [0.05, 0.1) is 5.69 Å². The van der Waals surface area contributed by atoms with Crippen LogP contribution in [0.2, 0.25) is 0 Å². The van der Waals surface area contributed by atoms with E-state index in [1.54, 1.807) is 35.2 Å². The monoisotopic (exact) mass is 366 g/mol. The molecule has 0 atom stereocenters. The van der Waals surface area contributed by atoms with E-state index in [2.05, 4.69) is 4.99 Å². The first-order valence-corrected chi connectivity index (χ1v) is 9.00. The Kier molecular flexibility index (Phi) is 4.68. The third kappa shape index (κ3) is 3.40. The first-order valence-electron chi connectivity index (χ1n) is 9.00. The van der Waals surface area contributed by atoms with Crippen molar-refractivity contribution in [2.75, 3.05) is 4.90 Å². The first-order chi connectivity index (χ1) is 13.6. The van der Waals surface area contributed by atoms with Crippen molar-refractivity contribution >= 4 is 29.3 Å². The van der Waals surface area contributed by atoms with Crippen molar-refractivity contribution in [2.45, 2.75) is 6.92 Å². The van der Waals surface area contributed by atoms with Gasteiger partial charge in [-0.2, -0.15) is 0 Å². The number of amidine groups is 1. The van der Waals surface area contributed by atoms with E-state index in [4.69, 9.17) is 0 Å². The smallest absolute Gasteiger partial charge is 0.282 e. The Hall–Kier alpha value is -3.79. The number of nitrogens with zero attached hydrogens (tertiary/aromatic N) is 2. The molecule has 4 heteroatoms. The van der Waals surface area contributed by atoms with Gasteiger partial charge in [0.15, 0.2) is 5.78 Å². The van der Waals surface area contributed by atoms with Gasteiger partial charge >= 0.3 is 0 Å². The normalized spacial score (nSPS) is 15.0. The lowest BCUT2D eigenvalue weighted by Crippen LogP contribution is -2.32. The topological polar surface area (TPSA) is 49.7 Å². The molecular formula is C24H18N2O2. The van der Waals surface area contributed by atoms with Gasteiger partial charge in [-0.1, -0.05) is 60.7 Å². The van der Waals surface area contributed by atoms with Gasteiger partial charge in [0.25, 0.3) is 5.91 Å². The van der Waals surface area contributed by atoms with Gasteiger partial charge in [0, 0.05) is 11.1 Å². The number of amides is 1. The predicted molar refractivity (Wildman–Crippen MR) is 111 cm³/mol. The Balaban J connectivity index is 1.80. The molecule has 0 spiro atoms. The predicted octanol–water partition coefficient (Wildman–Crippen LogP) is 4.72. The van der Waals surface area contributed by atoms with E-state index in [-0.39, 0.29) is 11.7 Å². The van der Waals surface area contributed by atoms with E-state index in [1.807, 2.05) is 60.7 Å². The van der Waals surface area contributed by atoms with Gasteiger partial charge in [-0.05, 0) is 42.8 Å². The summed E-state index contributed by atoms with van der Waals surface area (Å²) in [5.74, 6) is 0.363. The zero-order valence-electron chi connectivity index (χ0n) is 15.4.